The molecular formula is C13H18N4S. The van der Waals surface area contributed by atoms with E-state index in [1.807, 2.05) is 13.4 Å². The van der Waals surface area contributed by atoms with Gasteiger partial charge in [0.2, 0.25) is 0 Å². The first kappa shape index (κ1) is 11.9. The van der Waals surface area contributed by atoms with Crippen LogP contribution < -0.4 is 5.32 Å². The summed E-state index contributed by atoms with van der Waals surface area (Å²) in [5.41, 5.74) is 3.87. The molecule has 96 valence electrons. The maximum absolute atomic E-state index is 4.63. The van der Waals surface area contributed by atoms with Crippen molar-refractivity contribution in [2.75, 3.05) is 7.05 Å². The molecule has 1 N–H and O–H groups in total. The summed E-state index contributed by atoms with van der Waals surface area (Å²) < 4.78 is 2.27. The lowest BCUT2D eigenvalue weighted by Crippen LogP contribution is -2.09. The monoisotopic (exact) mass is 262 g/mol. The van der Waals surface area contributed by atoms with Crippen LogP contribution in [-0.2, 0) is 25.9 Å². The molecule has 0 aliphatic heterocycles. The Morgan fingerprint density at radius 2 is 2.28 bits per heavy atom. The van der Waals surface area contributed by atoms with Gasteiger partial charge in [-0.25, -0.2) is 9.97 Å². The van der Waals surface area contributed by atoms with Crippen LogP contribution in [0.2, 0.25) is 0 Å². The van der Waals surface area contributed by atoms with Gasteiger partial charge in [-0.2, -0.15) is 0 Å². The highest BCUT2D eigenvalue weighted by Crippen LogP contribution is 2.21. The van der Waals surface area contributed by atoms with Crippen LogP contribution in [0.15, 0.2) is 11.7 Å². The topological polar surface area (TPSA) is 42.7 Å². The van der Waals surface area contributed by atoms with E-state index in [1.165, 1.54) is 30.7 Å². The molecule has 4 nitrogen and oxygen atoms in total. The number of fused-ring (bicyclic) bond motifs is 1. The second kappa shape index (κ2) is 5.20. The Bertz CT molecular complexity index is 529. The molecule has 0 spiro atoms. The molecule has 5 heteroatoms. The van der Waals surface area contributed by atoms with E-state index in [9.17, 15) is 0 Å². The molecule has 2 aromatic rings. The summed E-state index contributed by atoms with van der Waals surface area (Å²) in [7, 11) is 1.95. The molecule has 2 aromatic heterocycles. The van der Waals surface area contributed by atoms with Crippen molar-refractivity contribution in [2.45, 2.75) is 38.8 Å². The van der Waals surface area contributed by atoms with Gasteiger partial charge in [-0.3, -0.25) is 0 Å². The molecule has 3 rings (SSSR count). The number of imidazole rings is 1. The van der Waals surface area contributed by atoms with Gasteiger partial charge in [0.15, 0.2) is 0 Å². The predicted octanol–water partition coefficient (Wildman–Crippen LogP) is 1.99. The standard InChI is InChI=1S/C13H18N4S/c1-14-6-13-16-10(8-18-13)7-17-9-15-11-4-2-3-5-12(11)17/h8-9,14H,2-7H2,1H3. The Balaban J connectivity index is 1.77. The third-order valence-electron chi connectivity index (χ3n) is 3.37. The average Bonchev–Trinajstić information content (AvgIpc) is 2.99. The Morgan fingerprint density at radius 3 is 3.17 bits per heavy atom. The predicted molar refractivity (Wildman–Crippen MR) is 72.8 cm³/mol. The Hall–Kier alpha value is -1.20. The summed E-state index contributed by atoms with van der Waals surface area (Å²) in [4.78, 5) is 9.15. The highest BCUT2D eigenvalue weighted by molar-refractivity contribution is 7.09. The first-order chi connectivity index (χ1) is 8.86. The first-order valence-corrected chi connectivity index (χ1v) is 7.35. The van der Waals surface area contributed by atoms with Crippen LogP contribution in [0, 0.1) is 0 Å². The zero-order chi connectivity index (χ0) is 12.4. The van der Waals surface area contributed by atoms with E-state index < -0.39 is 0 Å². The molecule has 1 aliphatic carbocycles. The van der Waals surface area contributed by atoms with Crippen LogP contribution in [0.5, 0.6) is 0 Å². The number of hydrogen-bond donors (Lipinski definition) is 1. The number of hydrogen-bond acceptors (Lipinski definition) is 4. The number of rotatable bonds is 4. The molecule has 0 fully saturated rings. The summed E-state index contributed by atoms with van der Waals surface area (Å²) in [5, 5.41) is 6.44. The van der Waals surface area contributed by atoms with Crippen molar-refractivity contribution in [3.63, 3.8) is 0 Å². The van der Waals surface area contributed by atoms with Gasteiger partial charge in [-0.15, -0.1) is 11.3 Å². The number of nitrogens with zero attached hydrogens (tertiary/aromatic N) is 3. The van der Waals surface area contributed by atoms with Crippen molar-refractivity contribution in [3.05, 3.63) is 33.8 Å². The van der Waals surface area contributed by atoms with Gasteiger partial charge in [-0.1, -0.05) is 0 Å². The van der Waals surface area contributed by atoms with Crippen molar-refractivity contribution >= 4 is 11.3 Å². The molecule has 0 aromatic carbocycles. The van der Waals surface area contributed by atoms with Gasteiger partial charge in [0.05, 0.1) is 24.3 Å². The second-order valence-electron chi connectivity index (χ2n) is 4.74. The Morgan fingerprint density at radius 1 is 1.39 bits per heavy atom. The van der Waals surface area contributed by atoms with Gasteiger partial charge >= 0.3 is 0 Å². The maximum atomic E-state index is 4.63. The summed E-state index contributed by atoms with van der Waals surface area (Å²) in [5.74, 6) is 0. The van der Waals surface area contributed by atoms with Crippen molar-refractivity contribution < 1.29 is 0 Å². The van der Waals surface area contributed by atoms with Crippen LogP contribution in [0.3, 0.4) is 0 Å². The number of aromatic nitrogens is 3. The smallest absolute Gasteiger partial charge is 0.107 e. The second-order valence-corrected chi connectivity index (χ2v) is 5.68. The molecule has 0 saturated heterocycles. The summed E-state index contributed by atoms with van der Waals surface area (Å²) in [6.07, 6.45) is 6.87. The van der Waals surface area contributed by atoms with Crippen LogP contribution in [-0.4, -0.2) is 21.6 Å². The third kappa shape index (κ3) is 2.33. The Kier molecular flexibility index (Phi) is 3.43. The third-order valence-corrected chi connectivity index (χ3v) is 4.27. The van der Waals surface area contributed by atoms with E-state index in [1.54, 1.807) is 11.3 Å². The molecule has 0 bridgehead atoms. The van der Waals surface area contributed by atoms with Crippen LogP contribution in [0.1, 0.15) is 34.9 Å². The molecule has 0 unspecified atom stereocenters. The molecule has 0 radical (unpaired) electrons. The Labute approximate surface area is 111 Å². The van der Waals surface area contributed by atoms with E-state index in [4.69, 9.17) is 0 Å². The SMILES string of the molecule is CNCc1nc(Cn2cnc3c2CCCC3)cs1. The van der Waals surface area contributed by atoms with Gasteiger partial charge < -0.3 is 9.88 Å². The minimum absolute atomic E-state index is 0.854. The largest absolute Gasteiger partial charge is 0.328 e. The molecule has 0 amide bonds. The fourth-order valence-electron chi connectivity index (χ4n) is 2.50. The van der Waals surface area contributed by atoms with Crippen LogP contribution >= 0.6 is 11.3 Å². The molecular weight excluding hydrogens is 244 g/mol. The number of nitrogens with one attached hydrogen (secondary N) is 1. The van der Waals surface area contributed by atoms with E-state index in [0.29, 0.717) is 0 Å². The molecule has 2 heterocycles. The summed E-state index contributed by atoms with van der Waals surface area (Å²) in [6.45, 7) is 1.72. The van der Waals surface area contributed by atoms with Crippen molar-refractivity contribution in [3.8, 4) is 0 Å². The normalized spacial score (nSPS) is 14.7. The van der Waals surface area contributed by atoms with E-state index >= 15 is 0 Å². The molecule has 18 heavy (non-hydrogen) atoms. The van der Waals surface area contributed by atoms with Crippen molar-refractivity contribution in [2.24, 2.45) is 0 Å². The highest BCUT2D eigenvalue weighted by Gasteiger charge is 2.15. The number of aryl methyl sites for hydroxylation is 1. The summed E-state index contributed by atoms with van der Waals surface area (Å²) in [6, 6.07) is 0. The first-order valence-electron chi connectivity index (χ1n) is 6.47. The number of thiazole rings is 1. The van der Waals surface area contributed by atoms with Gasteiger partial charge in [0.25, 0.3) is 0 Å². The highest BCUT2D eigenvalue weighted by atomic mass is 32.1. The maximum Gasteiger partial charge on any atom is 0.107 e. The van der Waals surface area contributed by atoms with Crippen molar-refractivity contribution in [1.82, 2.24) is 19.9 Å². The summed E-state index contributed by atoms with van der Waals surface area (Å²) >= 11 is 1.73. The zero-order valence-corrected chi connectivity index (χ0v) is 11.5. The van der Waals surface area contributed by atoms with Gasteiger partial charge in [0.1, 0.15) is 5.01 Å². The van der Waals surface area contributed by atoms with Crippen molar-refractivity contribution in [1.29, 1.82) is 0 Å². The van der Waals surface area contributed by atoms with Crippen LogP contribution in [0.4, 0.5) is 0 Å². The van der Waals surface area contributed by atoms with Crippen LogP contribution in [0.25, 0.3) is 0 Å². The van der Waals surface area contributed by atoms with E-state index in [2.05, 4.69) is 25.2 Å². The minimum Gasteiger partial charge on any atom is -0.328 e. The zero-order valence-electron chi connectivity index (χ0n) is 10.6. The van der Waals surface area contributed by atoms with Gasteiger partial charge in [-0.05, 0) is 32.7 Å². The fourth-order valence-corrected chi connectivity index (χ4v) is 3.29. The minimum atomic E-state index is 0.854. The lowest BCUT2D eigenvalue weighted by Gasteiger charge is -2.13. The quantitative estimate of drug-likeness (QED) is 0.916. The fraction of sp³-hybridized carbons (Fsp3) is 0.538. The lowest BCUT2D eigenvalue weighted by molar-refractivity contribution is 0.625. The van der Waals surface area contributed by atoms with Gasteiger partial charge in [0, 0.05) is 17.6 Å². The average molecular weight is 262 g/mol. The molecule has 1 aliphatic rings. The van der Waals surface area contributed by atoms with E-state index in [0.717, 1.165) is 30.2 Å². The lowest BCUT2D eigenvalue weighted by atomic mass is 10.0. The van der Waals surface area contributed by atoms with E-state index in [-0.39, 0.29) is 0 Å². The molecule has 0 atom stereocenters. The molecule has 0 saturated carbocycles.